The Morgan fingerprint density at radius 3 is 2.35 bits per heavy atom. The van der Waals surface area contributed by atoms with Gasteiger partial charge < -0.3 is 14.2 Å². The van der Waals surface area contributed by atoms with Crippen molar-refractivity contribution in [3.05, 3.63) is 35.9 Å². The number of carbonyl (C=O) groups excluding carboxylic acids is 2. The first-order valence-electron chi connectivity index (χ1n) is 13.0. The van der Waals surface area contributed by atoms with Crippen molar-refractivity contribution in [1.82, 2.24) is 4.90 Å². The molecule has 1 aliphatic heterocycles. The molecule has 1 aliphatic carbocycles. The van der Waals surface area contributed by atoms with Gasteiger partial charge >= 0.3 is 12.1 Å². The first kappa shape index (κ1) is 26.5. The highest BCUT2D eigenvalue weighted by atomic mass is 16.6. The molecule has 2 aliphatic rings. The Morgan fingerprint density at radius 1 is 1.06 bits per heavy atom. The molecule has 1 aromatic rings. The Kier molecular flexibility index (Phi) is 9.40. The monoisotopic (exact) mass is 473 g/mol. The normalized spacial score (nSPS) is 23.6. The van der Waals surface area contributed by atoms with Crippen LogP contribution in [0.4, 0.5) is 4.79 Å². The minimum absolute atomic E-state index is 0.156. The van der Waals surface area contributed by atoms with Gasteiger partial charge in [-0.1, -0.05) is 76.3 Å². The fourth-order valence-corrected chi connectivity index (χ4v) is 5.72. The van der Waals surface area contributed by atoms with E-state index in [1.807, 2.05) is 44.2 Å². The molecule has 3 rings (SSSR count). The number of nitrogens with zero attached hydrogens (tertiary/aromatic N) is 1. The largest absolute Gasteiger partial charge is 0.469 e. The topological polar surface area (TPSA) is 65.1 Å². The second-order valence-corrected chi connectivity index (χ2v) is 10.9. The predicted molar refractivity (Wildman–Crippen MR) is 132 cm³/mol. The van der Waals surface area contributed by atoms with Crippen LogP contribution >= 0.6 is 0 Å². The molecule has 0 spiro atoms. The van der Waals surface area contributed by atoms with Crippen molar-refractivity contribution in [2.24, 2.45) is 17.8 Å². The van der Waals surface area contributed by atoms with Gasteiger partial charge in [-0.2, -0.15) is 0 Å². The van der Waals surface area contributed by atoms with Gasteiger partial charge in [0.1, 0.15) is 12.3 Å². The molecule has 2 fully saturated rings. The van der Waals surface area contributed by atoms with E-state index in [1.165, 1.54) is 39.2 Å². The quantitative estimate of drug-likeness (QED) is 0.392. The average molecular weight is 474 g/mol. The molecule has 1 heterocycles. The summed E-state index contributed by atoms with van der Waals surface area (Å²) in [4.78, 5) is 27.8. The molecule has 1 saturated heterocycles. The number of rotatable bonds is 9. The van der Waals surface area contributed by atoms with E-state index in [0.717, 1.165) is 18.4 Å². The molecule has 6 nitrogen and oxygen atoms in total. The number of hydrogen-bond donors (Lipinski definition) is 0. The average Bonchev–Trinajstić information content (AvgIpc) is 3.06. The first-order valence-corrected chi connectivity index (χ1v) is 13.0. The molecule has 1 amide bonds. The molecule has 1 aromatic carbocycles. The number of methoxy groups -OCH3 is 1. The third-order valence-electron chi connectivity index (χ3n) is 7.29. The van der Waals surface area contributed by atoms with Crippen LogP contribution in [0, 0.1) is 17.8 Å². The summed E-state index contributed by atoms with van der Waals surface area (Å²) in [6, 6.07) is 9.54. The van der Waals surface area contributed by atoms with Gasteiger partial charge in [0.25, 0.3) is 0 Å². The van der Waals surface area contributed by atoms with Gasteiger partial charge in [0.15, 0.2) is 0 Å². The van der Waals surface area contributed by atoms with Crippen molar-refractivity contribution in [2.75, 3.05) is 7.11 Å². The van der Waals surface area contributed by atoms with Crippen molar-refractivity contribution >= 4 is 12.1 Å². The van der Waals surface area contributed by atoms with Gasteiger partial charge in [-0.25, -0.2) is 4.79 Å². The van der Waals surface area contributed by atoms with Crippen LogP contribution in [0.5, 0.6) is 0 Å². The molecule has 0 aromatic heterocycles. The number of benzene rings is 1. The highest BCUT2D eigenvalue weighted by molar-refractivity contribution is 5.72. The summed E-state index contributed by atoms with van der Waals surface area (Å²) in [5.41, 5.74) is 0.132. The van der Waals surface area contributed by atoms with Gasteiger partial charge in [0.2, 0.25) is 0 Å². The van der Waals surface area contributed by atoms with Crippen LogP contribution in [-0.4, -0.2) is 41.9 Å². The molecular formula is C28H43NO5. The summed E-state index contributed by atoms with van der Waals surface area (Å²) in [5.74, 6) is 0.538. The first-order chi connectivity index (χ1) is 16.2. The molecule has 1 unspecified atom stereocenters. The van der Waals surface area contributed by atoms with E-state index in [0.29, 0.717) is 18.3 Å². The number of hydrogen-bond acceptors (Lipinski definition) is 5. The Labute approximate surface area is 205 Å². The molecule has 0 bridgehead atoms. The lowest BCUT2D eigenvalue weighted by Gasteiger charge is -2.33. The summed E-state index contributed by atoms with van der Waals surface area (Å²) in [6.07, 6.45) is 7.69. The minimum Gasteiger partial charge on any atom is -0.469 e. The van der Waals surface area contributed by atoms with Gasteiger partial charge in [0.05, 0.1) is 25.2 Å². The van der Waals surface area contributed by atoms with Gasteiger partial charge in [-0.05, 0) is 50.5 Å². The fraction of sp³-hybridized carbons (Fsp3) is 0.714. The Bertz CT molecular complexity index is 787. The van der Waals surface area contributed by atoms with Crippen LogP contribution in [-0.2, 0) is 25.6 Å². The van der Waals surface area contributed by atoms with Crippen LogP contribution in [0.15, 0.2) is 30.3 Å². The van der Waals surface area contributed by atoms with Crippen molar-refractivity contribution in [3.63, 3.8) is 0 Å². The van der Waals surface area contributed by atoms with Crippen molar-refractivity contribution < 1.29 is 23.8 Å². The Morgan fingerprint density at radius 2 is 1.74 bits per heavy atom. The van der Waals surface area contributed by atoms with Crippen LogP contribution in [0.25, 0.3) is 0 Å². The van der Waals surface area contributed by atoms with E-state index in [4.69, 9.17) is 14.2 Å². The number of carbonyl (C=O) groups is 2. The Balaban J connectivity index is 1.75. The highest BCUT2D eigenvalue weighted by Crippen LogP contribution is 2.40. The summed E-state index contributed by atoms with van der Waals surface area (Å²) in [7, 11) is 1.47. The number of amides is 1. The highest BCUT2D eigenvalue weighted by Gasteiger charge is 2.51. The lowest BCUT2D eigenvalue weighted by Crippen LogP contribution is -2.49. The molecule has 0 radical (unpaired) electrons. The van der Waals surface area contributed by atoms with Crippen molar-refractivity contribution in [1.29, 1.82) is 0 Å². The van der Waals surface area contributed by atoms with Gasteiger partial charge in [-0.15, -0.1) is 0 Å². The zero-order valence-electron chi connectivity index (χ0n) is 21.6. The van der Waals surface area contributed by atoms with Crippen LogP contribution < -0.4 is 0 Å². The van der Waals surface area contributed by atoms with E-state index in [-0.39, 0.29) is 36.7 Å². The zero-order chi connectivity index (χ0) is 24.7. The van der Waals surface area contributed by atoms with Crippen LogP contribution in [0.3, 0.4) is 0 Å². The van der Waals surface area contributed by atoms with E-state index in [2.05, 4.69) is 13.8 Å². The van der Waals surface area contributed by atoms with Crippen LogP contribution in [0.2, 0.25) is 0 Å². The summed E-state index contributed by atoms with van der Waals surface area (Å²) in [6.45, 7) is 8.35. The standard InChI is InChI=1S/C28H43NO5/c1-20(2)16-24-25(18-23(26(30)32-5)17-21-12-8-6-9-13-21)34-28(3,4)29(24)27(31)33-19-22-14-10-7-11-15-22/h7,10-11,14-15,20-21,23-25H,6,8-9,12-13,16-19H2,1-5H3/t23?,24-,25-/m0/s1. The fourth-order valence-electron chi connectivity index (χ4n) is 5.72. The molecule has 3 atom stereocenters. The molecule has 1 saturated carbocycles. The second-order valence-electron chi connectivity index (χ2n) is 10.9. The third kappa shape index (κ3) is 6.97. The minimum atomic E-state index is -0.816. The predicted octanol–water partition coefficient (Wildman–Crippen LogP) is 6.32. The third-order valence-corrected chi connectivity index (χ3v) is 7.29. The molecular weight excluding hydrogens is 430 g/mol. The van der Waals surface area contributed by atoms with E-state index in [1.54, 1.807) is 4.90 Å². The molecule has 190 valence electrons. The van der Waals surface area contributed by atoms with Crippen molar-refractivity contribution in [3.8, 4) is 0 Å². The second kappa shape index (κ2) is 12.1. The molecule has 6 heteroatoms. The molecule has 34 heavy (non-hydrogen) atoms. The van der Waals surface area contributed by atoms with E-state index >= 15 is 0 Å². The smallest absolute Gasteiger partial charge is 0.412 e. The zero-order valence-corrected chi connectivity index (χ0v) is 21.6. The SMILES string of the molecule is COC(=O)C(CC1CCCCC1)C[C@@H]1OC(C)(C)N(C(=O)OCc2ccccc2)[C@H]1CC(C)C. The van der Waals surface area contributed by atoms with Crippen LogP contribution in [0.1, 0.15) is 84.6 Å². The maximum atomic E-state index is 13.3. The maximum absolute atomic E-state index is 13.3. The lowest BCUT2D eigenvalue weighted by atomic mass is 9.80. The summed E-state index contributed by atoms with van der Waals surface area (Å²) >= 11 is 0. The van der Waals surface area contributed by atoms with E-state index in [9.17, 15) is 9.59 Å². The lowest BCUT2D eigenvalue weighted by molar-refractivity contribution is -0.148. The van der Waals surface area contributed by atoms with E-state index < -0.39 is 5.72 Å². The number of ether oxygens (including phenoxy) is 3. The maximum Gasteiger partial charge on any atom is 0.412 e. The van der Waals surface area contributed by atoms with Gasteiger partial charge in [0, 0.05) is 0 Å². The molecule has 0 N–H and O–H groups in total. The Hall–Kier alpha value is -2.08. The summed E-state index contributed by atoms with van der Waals surface area (Å²) in [5, 5.41) is 0. The summed E-state index contributed by atoms with van der Waals surface area (Å²) < 4.78 is 17.4. The van der Waals surface area contributed by atoms with Crippen molar-refractivity contribution in [2.45, 2.75) is 104 Å². The van der Waals surface area contributed by atoms with Gasteiger partial charge in [-0.3, -0.25) is 9.69 Å². The number of esters is 1.